The van der Waals surface area contributed by atoms with Crippen molar-refractivity contribution in [2.45, 2.75) is 17.3 Å². The van der Waals surface area contributed by atoms with Gasteiger partial charge in [0.25, 0.3) is 0 Å². The highest BCUT2D eigenvalue weighted by Gasteiger charge is 2.23. The lowest BCUT2D eigenvalue weighted by Gasteiger charge is -2.34. The minimum absolute atomic E-state index is 0.0850. The number of methoxy groups -OCH3 is 1. The lowest BCUT2D eigenvalue weighted by molar-refractivity contribution is -0.132. The number of piperazine rings is 1. The molecule has 3 heterocycles. The summed E-state index contributed by atoms with van der Waals surface area (Å²) in [7, 11) is 1.60. The number of thiazole rings is 1. The summed E-state index contributed by atoms with van der Waals surface area (Å²) in [5.41, 5.74) is 2.64. The van der Waals surface area contributed by atoms with Crippen molar-refractivity contribution < 1.29 is 23.8 Å². The average Bonchev–Trinajstić information content (AvgIpc) is 3.57. The van der Waals surface area contributed by atoms with Crippen LogP contribution in [0.5, 0.6) is 17.2 Å². The number of thioether (sulfide) groups is 1. The lowest BCUT2D eigenvalue weighted by atomic mass is 10.1. The van der Waals surface area contributed by atoms with E-state index in [2.05, 4.69) is 21.3 Å². The van der Waals surface area contributed by atoms with Crippen molar-refractivity contribution in [1.29, 1.82) is 0 Å². The molecule has 1 aromatic heterocycles. The molecule has 1 N–H and O–H groups in total. The summed E-state index contributed by atoms with van der Waals surface area (Å²) in [4.78, 5) is 33.9. The molecule has 194 valence electrons. The second kappa shape index (κ2) is 11.8. The van der Waals surface area contributed by atoms with Crippen molar-refractivity contribution in [2.75, 3.05) is 51.2 Å². The first-order valence-corrected chi connectivity index (χ1v) is 13.8. The lowest BCUT2D eigenvalue weighted by Crippen LogP contribution is -2.48. The van der Waals surface area contributed by atoms with Crippen LogP contribution in [0.3, 0.4) is 0 Å². The highest BCUT2D eigenvalue weighted by atomic mass is 32.2. The fourth-order valence-electron chi connectivity index (χ4n) is 4.15. The number of anilines is 1. The van der Waals surface area contributed by atoms with Gasteiger partial charge in [-0.25, -0.2) is 4.98 Å². The van der Waals surface area contributed by atoms with Crippen molar-refractivity contribution in [3.63, 3.8) is 0 Å². The van der Waals surface area contributed by atoms with Crippen LogP contribution in [0.4, 0.5) is 5.69 Å². The van der Waals surface area contributed by atoms with Crippen LogP contribution in [-0.4, -0.2) is 72.4 Å². The molecule has 0 spiro atoms. The largest absolute Gasteiger partial charge is 0.497 e. The number of carbonyl (C=O) groups is 2. The predicted octanol–water partition coefficient (Wildman–Crippen LogP) is 3.50. The Morgan fingerprint density at radius 2 is 1.86 bits per heavy atom. The van der Waals surface area contributed by atoms with Crippen molar-refractivity contribution in [3.8, 4) is 17.2 Å². The number of ether oxygens (including phenoxy) is 3. The summed E-state index contributed by atoms with van der Waals surface area (Å²) in [6.07, 6.45) is 0.275. The quantitative estimate of drug-likeness (QED) is 0.413. The van der Waals surface area contributed by atoms with Crippen LogP contribution in [0, 0.1) is 0 Å². The molecule has 0 unspecified atom stereocenters. The van der Waals surface area contributed by atoms with E-state index in [1.165, 1.54) is 28.7 Å². The molecule has 2 amide bonds. The number of hydrogen-bond acceptors (Lipinski definition) is 9. The average molecular weight is 541 g/mol. The Hall–Kier alpha value is -3.28. The molecule has 11 heteroatoms. The number of nitrogens with one attached hydrogen (secondary N) is 1. The number of carbonyl (C=O) groups excluding carboxylic acids is 2. The molecule has 0 radical (unpaired) electrons. The van der Waals surface area contributed by atoms with Gasteiger partial charge in [-0.3, -0.25) is 14.5 Å². The van der Waals surface area contributed by atoms with Gasteiger partial charge >= 0.3 is 0 Å². The van der Waals surface area contributed by atoms with Crippen molar-refractivity contribution >= 4 is 40.6 Å². The summed E-state index contributed by atoms with van der Waals surface area (Å²) < 4.78 is 16.8. The van der Waals surface area contributed by atoms with Crippen LogP contribution in [-0.2, 0) is 22.6 Å². The molecule has 1 saturated heterocycles. The molecular formula is C26H28N4O5S2. The van der Waals surface area contributed by atoms with Crippen LogP contribution >= 0.6 is 23.1 Å². The van der Waals surface area contributed by atoms with Gasteiger partial charge < -0.3 is 24.4 Å². The van der Waals surface area contributed by atoms with Crippen LogP contribution in [0.25, 0.3) is 0 Å². The molecule has 1 fully saturated rings. The maximum absolute atomic E-state index is 12.8. The number of hydrogen-bond donors (Lipinski definition) is 1. The molecule has 5 rings (SSSR count). The number of rotatable bonds is 9. The third-order valence-electron chi connectivity index (χ3n) is 6.13. The number of nitrogens with zero attached hydrogens (tertiary/aromatic N) is 3. The molecular weight excluding hydrogens is 512 g/mol. The van der Waals surface area contributed by atoms with Gasteiger partial charge in [0.15, 0.2) is 15.8 Å². The molecule has 3 aromatic rings. The Morgan fingerprint density at radius 3 is 2.65 bits per heavy atom. The number of aromatic nitrogens is 1. The van der Waals surface area contributed by atoms with Crippen LogP contribution < -0.4 is 19.5 Å². The van der Waals surface area contributed by atoms with E-state index in [-0.39, 0.29) is 30.8 Å². The Labute approximate surface area is 223 Å². The molecule has 2 aliphatic rings. The van der Waals surface area contributed by atoms with E-state index in [4.69, 9.17) is 14.2 Å². The maximum Gasteiger partial charge on any atom is 0.234 e. The summed E-state index contributed by atoms with van der Waals surface area (Å²) in [6, 6.07) is 13.2. The molecule has 9 nitrogen and oxygen atoms in total. The monoisotopic (exact) mass is 540 g/mol. The van der Waals surface area contributed by atoms with E-state index in [1.807, 2.05) is 22.4 Å². The summed E-state index contributed by atoms with van der Waals surface area (Å²) in [6.45, 7) is 4.13. The highest BCUT2D eigenvalue weighted by molar-refractivity contribution is 8.01. The topological polar surface area (TPSA) is 93.2 Å². The highest BCUT2D eigenvalue weighted by Crippen LogP contribution is 2.33. The summed E-state index contributed by atoms with van der Waals surface area (Å²) >= 11 is 2.83. The van der Waals surface area contributed by atoms with Gasteiger partial charge in [-0.2, -0.15) is 0 Å². The zero-order chi connectivity index (χ0) is 25.6. The first-order valence-electron chi connectivity index (χ1n) is 12.0. The maximum atomic E-state index is 12.8. The third-order valence-corrected chi connectivity index (χ3v) is 8.20. The van der Waals surface area contributed by atoms with Gasteiger partial charge in [0.1, 0.15) is 5.75 Å². The zero-order valence-electron chi connectivity index (χ0n) is 20.5. The van der Waals surface area contributed by atoms with Gasteiger partial charge in [-0.05, 0) is 42.0 Å². The number of amides is 2. The Bertz CT molecular complexity index is 1240. The van der Waals surface area contributed by atoms with E-state index in [9.17, 15) is 9.59 Å². The molecule has 0 bridgehead atoms. The van der Waals surface area contributed by atoms with Gasteiger partial charge in [0.2, 0.25) is 18.6 Å². The van der Waals surface area contributed by atoms with Crippen LogP contribution in [0.15, 0.2) is 52.2 Å². The molecule has 37 heavy (non-hydrogen) atoms. The minimum atomic E-state index is -0.110. The zero-order valence-corrected chi connectivity index (χ0v) is 22.1. The van der Waals surface area contributed by atoms with E-state index in [0.717, 1.165) is 46.9 Å². The van der Waals surface area contributed by atoms with Gasteiger partial charge in [-0.1, -0.05) is 17.8 Å². The van der Waals surface area contributed by atoms with E-state index in [0.29, 0.717) is 18.8 Å². The number of fused-ring (bicyclic) bond motifs is 1. The summed E-state index contributed by atoms with van der Waals surface area (Å²) in [5.74, 6) is 2.55. The molecule has 2 aliphatic heterocycles. The van der Waals surface area contributed by atoms with Gasteiger partial charge in [-0.15, -0.1) is 11.3 Å². The first-order chi connectivity index (χ1) is 18.1. The molecule has 0 saturated carbocycles. The predicted molar refractivity (Wildman–Crippen MR) is 143 cm³/mol. The standard InChI is InChI=1S/C26H28N4O5S2/c1-33-21-5-3-19(4-6-21)27-24(31)16-37-26-28-20(15-36-26)13-25(32)30-10-8-29(9-11-30)14-18-2-7-22-23(12-18)35-17-34-22/h2-7,12,15H,8-11,13-14,16-17H2,1H3,(H,27,31). The molecule has 0 atom stereocenters. The second-order valence-corrected chi connectivity index (χ2v) is 10.8. The fraction of sp³-hybridized carbons (Fsp3) is 0.346. The summed E-state index contributed by atoms with van der Waals surface area (Å²) in [5, 5.41) is 4.76. The van der Waals surface area contributed by atoms with E-state index >= 15 is 0 Å². The Morgan fingerprint density at radius 1 is 1.08 bits per heavy atom. The third kappa shape index (κ3) is 6.73. The first kappa shape index (κ1) is 25.4. The Balaban J connectivity index is 1.03. The van der Waals surface area contributed by atoms with Gasteiger partial charge in [0.05, 0.1) is 25.0 Å². The van der Waals surface area contributed by atoms with Crippen molar-refractivity contribution in [3.05, 3.63) is 59.1 Å². The normalized spacial score (nSPS) is 15.0. The van der Waals surface area contributed by atoms with Crippen molar-refractivity contribution in [2.24, 2.45) is 0 Å². The van der Waals surface area contributed by atoms with E-state index < -0.39 is 0 Å². The van der Waals surface area contributed by atoms with Gasteiger partial charge in [0, 0.05) is 43.8 Å². The van der Waals surface area contributed by atoms with Crippen molar-refractivity contribution in [1.82, 2.24) is 14.8 Å². The van der Waals surface area contributed by atoms with E-state index in [1.54, 1.807) is 31.4 Å². The Kier molecular flexibility index (Phi) is 8.12. The number of benzene rings is 2. The molecule has 0 aliphatic carbocycles. The SMILES string of the molecule is COc1ccc(NC(=O)CSc2nc(CC(=O)N3CCN(Cc4ccc5c(c4)OCO5)CC3)cs2)cc1. The molecule has 2 aromatic carbocycles. The fourth-order valence-corrected chi connectivity index (χ4v) is 5.80. The minimum Gasteiger partial charge on any atom is -0.497 e. The van der Waals surface area contributed by atoms with Crippen LogP contribution in [0.1, 0.15) is 11.3 Å². The second-order valence-electron chi connectivity index (χ2n) is 8.69. The smallest absolute Gasteiger partial charge is 0.234 e. The van der Waals surface area contributed by atoms with Crippen LogP contribution in [0.2, 0.25) is 0 Å².